The predicted octanol–water partition coefficient (Wildman–Crippen LogP) is 3.55. The molecule has 0 bridgehead atoms. The summed E-state index contributed by atoms with van der Waals surface area (Å²) in [6.45, 7) is 0. The second-order valence-electron chi connectivity index (χ2n) is 7.06. The molecule has 0 saturated carbocycles. The van der Waals surface area contributed by atoms with E-state index < -0.39 is 0 Å². The van der Waals surface area contributed by atoms with Crippen molar-refractivity contribution < 1.29 is 18.7 Å². The third kappa shape index (κ3) is 5.70. The van der Waals surface area contributed by atoms with Crippen LogP contribution in [0.25, 0.3) is 11.3 Å². The number of rotatable bonds is 8. The molecular weight excluding hydrogens is 382 g/mol. The van der Waals surface area contributed by atoms with Crippen molar-refractivity contribution in [3.8, 4) is 17.1 Å². The topological polar surface area (TPSA) is 84.7 Å². The Morgan fingerprint density at radius 1 is 1.07 bits per heavy atom. The maximum Gasteiger partial charge on any atom is 0.226 e. The minimum absolute atomic E-state index is 0.0340. The van der Waals surface area contributed by atoms with E-state index in [0.29, 0.717) is 30.2 Å². The first-order valence-electron chi connectivity index (χ1n) is 9.62. The van der Waals surface area contributed by atoms with Gasteiger partial charge in [0, 0.05) is 38.2 Å². The number of amides is 2. The Morgan fingerprint density at radius 3 is 2.40 bits per heavy atom. The fourth-order valence-electron chi connectivity index (χ4n) is 2.80. The summed E-state index contributed by atoms with van der Waals surface area (Å²) in [6, 6.07) is 14.8. The van der Waals surface area contributed by atoms with Crippen LogP contribution in [0.1, 0.15) is 17.9 Å². The SMILES string of the molecule is COc1ccc(-c2cnc(CCC(=O)Nc3ccc(CC(=O)N(C)C)cc3)o2)cc1. The molecule has 2 aromatic carbocycles. The largest absolute Gasteiger partial charge is 0.497 e. The zero-order valence-corrected chi connectivity index (χ0v) is 17.3. The number of aromatic nitrogens is 1. The van der Waals surface area contributed by atoms with Gasteiger partial charge in [-0.25, -0.2) is 4.98 Å². The van der Waals surface area contributed by atoms with Crippen molar-refractivity contribution in [1.82, 2.24) is 9.88 Å². The summed E-state index contributed by atoms with van der Waals surface area (Å²) in [5.41, 5.74) is 2.48. The second-order valence-corrected chi connectivity index (χ2v) is 7.06. The molecule has 0 fully saturated rings. The second kappa shape index (κ2) is 9.73. The molecule has 30 heavy (non-hydrogen) atoms. The summed E-state index contributed by atoms with van der Waals surface area (Å²) >= 11 is 0. The van der Waals surface area contributed by atoms with Crippen molar-refractivity contribution in [2.24, 2.45) is 0 Å². The fourth-order valence-corrected chi connectivity index (χ4v) is 2.80. The van der Waals surface area contributed by atoms with Gasteiger partial charge in [0.2, 0.25) is 11.8 Å². The van der Waals surface area contributed by atoms with Crippen LogP contribution >= 0.6 is 0 Å². The van der Waals surface area contributed by atoms with E-state index in [2.05, 4.69) is 10.3 Å². The predicted molar refractivity (Wildman–Crippen MR) is 114 cm³/mol. The lowest BCUT2D eigenvalue weighted by molar-refractivity contribution is -0.128. The van der Waals surface area contributed by atoms with Crippen LogP contribution in [0.15, 0.2) is 59.1 Å². The lowest BCUT2D eigenvalue weighted by atomic mass is 10.1. The number of hydrogen-bond acceptors (Lipinski definition) is 5. The summed E-state index contributed by atoms with van der Waals surface area (Å²) in [4.78, 5) is 29.8. The monoisotopic (exact) mass is 407 g/mol. The minimum atomic E-state index is -0.128. The number of carbonyl (C=O) groups is 2. The van der Waals surface area contributed by atoms with Gasteiger partial charge in [-0.1, -0.05) is 12.1 Å². The number of anilines is 1. The van der Waals surface area contributed by atoms with Crippen molar-refractivity contribution in [3.05, 3.63) is 66.2 Å². The molecule has 0 aliphatic carbocycles. The Bertz CT molecular complexity index is 992. The van der Waals surface area contributed by atoms with Crippen LogP contribution in [0.4, 0.5) is 5.69 Å². The molecule has 7 heteroatoms. The molecule has 3 aromatic rings. The first-order valence-corrected chi connectivity index (χ1v) is 9.62. The Kier molecular flexibility index (Phi) is 6.85. The van der Waals surface area contributed by atoms with E-state index in [1.165, 1.54) is 0 Å². The van der Waals surface area contributed by atoms with Crippen LogP contribution in [-0.2, 0) is 22.4 Å². The summed E-state index contributed by atoms with van der Waals surface area (Å²) in [7, 11) is 5.07. The van der Waals surface area contributed by atoms with Gasteiger partial charge in [-0.15, -0.1) is 0 Å². The van der Waals surface area contributed by atoms with Crippen LogP contribution in [0.2, 0.25) is 0 Å². The fraction of sp³-hybridized carbons (Fsp3) is 0.261. The maximum atomic E-state index is 12.2. The number of benzene rings is 2. The van der Waals surface area contributed by atoms with Crippen LogP contribution in [0.3, 0.4) is 0 Å². The number of oxazole rings is 1. The lowest BCUT2D eigenvalue weighted by Crippen LogP contribution is -2.23. The molecule has 1 aromatic heterocycles. The molecule has 1 heterocycles. The quantitative estimate of drug-likeness (QED) is 0.617. The Balaban J connectivity index is 1.50. The highest BCUT2D eigenvalue weighted by Gasteiger charge is 2.10. The summed E-state index contributed by atoms with van der Waals surface area (Å²) < 4.78 is 10.9. The highest BCUT2D eigenvalue weighted by Crippen LogP contribution is 2.23. The van der Waals surface area contributed by atoms with Gasteiger partial charge in [0.1, 0.15) is 5.75 Å². The van der Waals surface area contributed by atoms with Crippen LogP contribution < -0.4 is 10.1 Å². The van der Waals surface area contributed by atoms with Gasteiger partial charge in [-0.3, -0.25) is 9.59 Å². The number of carbonyl (C=O) groups excluding carboxylic acids is 2. The van der Waals surface area contributed by atoms with E-state index in [1.54, 1.807) is 44.4 Å². The zero-order valence-electron chi connectivity index (χ0n) is 17.3. The average Bonchev–Trinajstić information content (AvgIpc) is 3.23. The lowest BCUT2D eigenvalue weighted by Gasteiger charge is -2.10. The first-order chi connectivity index (χ1) is 14.4. The number of hydrogen-bond donors (Lipinski definition) is 1. The van der Waals surface area contributed by atoms with Crippen molar-refractivity contribution in [3.63, 3.8) is 0 Å². The zero-order chi connectivity index (χ0) is 21.5. The van der Waals surface area contributed by atoms with Crippen LogP contribution in [-0.4, -0.2) is 42.9 Å². The molecule has 0 radical (unpaired) electrons. The highest BCUT2D eigenvalue weighted by atomic mass is 16.5. The normalized spacial score (nSPS) is 10.5. The Morgan fingerprint density at radius 2 is 1.77 bits per heavy atom. The summed E-state index contributed by atoms with van der Waals surface area (Å²) in [5, 5.41) is 2.85. The van der Waals surface area contributed by atoms with Crippen molar-refractivity contribution in [1.29, 1.82) is 0 Å². The third-order valence-corrected chi connectivity index (χ3v) is 4.59. The molecule has 2 amide bonds. The summed E-state index contributed by atoms with van der Waals surface area (Å²) in [6.07, 6.45) is 2.64. The molecule has 0 saturated heterocycles. The molecule has 3 rings (SSSR count). The molecule has 0 aliphatic rings. The maximum absolute atomic E-state index is 12.2. The van der Waals surface area contributed by atoms with E-state index in [4.69, 9.17) is 9.15 Å². The number of aryl methyl sites for hydroxylation is 1. The molecule has 0 atom stereocenters. The molecule has 0 unspecified atom stereocenters. The van der Waals surface area contributed by atoms with Crippen molar-refractivity contribution in [2.45, 2.75) is 19.3 Å². The van der Waals surface area contributed by atoms with Crippen LogP contribution in [0, 0.1) is 0 Å². The van der Waals surface area contributed by atoms with Gasteiger partial charge in [-0.05, 0) is 42.0 Å². The van der Waals surface area contributed by atoms with Crippen LogP contribution in [0.5, 0.6) is 5.75 Å². The van der Waals surface area contributed by atoms with Gasteiger partial charge in [-0.2, -0.15) is 0 Å². The third-order valence-electron chi connectivity index (χ3n) is 4.59. The molecule has 1 N–H and O–H groups in total. The van der Waals surface area contributed by atoms with E-state index in [1.807, 2.05) is 36.4 Å². The highest BCUT2D eigenvalue weighted by molar-refractivity contribution is 5.90. The standard InChI is InChI=1S/C23H25N3O4/c1-26(2)23(28)14-16-4-8-18(9-5-16)25-21(27)12-13-22-24-15-20(30-22)17-6-10-19(29-3)11-7-17/h4-11,15H,12-14H2,1-3H3,(H,25,27). The number of likely N-dealkylation sites (N-methyl/N-ethyl adjacent to an activating group) is 1. The molecular formula is C23H25N3O4. The molecule has 0 spiro atoms. The van der Waals surface area contributed by atoms with Gasteiger partial charge < -0.3 is 19.4 Å². The molecule has 156 valence electrons. The molecule has 0 aliphatic heterocycles. The number of nitrogens with zero attached hydrogens (tertiary/aromatic N) is 2. The first kappa shape index (κ1) is 21.1. The number of methoxy groups -OCH3 is 1. The van der Waals surface area contributed by atoms with Gasteiger partial charge in [0.25, 0.3) is 0 Å². The van der Waals surface area contributed by atoms with E-state index in [0.717, 1.165) is 16.9 Å². The Hall–Kier alpha value is -3.61. The van der Waals surface area contributed by atoms with E-state index in [-0.39, 0.29) is 18.2 Å². The number of ether oxygens (including phenoxy) is 1. The molecule has 7 nitrogen and oxygen atoms in total. The van der Waals surface area contributed by atoms with Gasteiger partial charge in [0.15, 0.2) is 11.7 Å². The average molecular weight is 407 g/mol. The van der Waals surface area contributed by atoms with E-state index >= 15 is 0 Å². The summed E-state index contributed by atoms with van der Waals surface area (Å²) in [5.74, 6) is 1.83. The minimum Gasteiger partial charge on any atom is -0.497 e. The van der Waals surface area contributed by atoms with Gasteiger partial charge >= 0.3 is 0 Å². The number of nitrogens with one attached hydrogen (secondary N) is 1. The Labute approximate surface area is 175 Å². The van der Waals surface area contributed by atoms with Crippen molar-refractivity contribution in [2.75, 3.05) is 26.5 Å². The smallest absolute Gasteiger partial charge is 0.226 e. The van der Waals surface area contributed by atoms with Crippen molar-refractivity contribution >= 4 is 17.5 Å². The van der Waals surface area contributed by atoms with Gasteiger partial charge in [0.05, 0.1) is 19.7 Å². The van der Waals surface area contributed by atoms with E-state index in [9.17, 15) is 9.59 Å².